The van der Waals surface area contributed by atoms with E-state index in [1.165, 1.54) is 12.3 Å². The molecule has 0 bridgehead atoms. The van der Waals surface area contributed by atoms with Gasteiger partial charge in [0.25, 0.3) is 0 Å². The second kappa shape index (κ2) is 5.33. The molecule has 1 fully saturated rings. The summed E-state index contributed by atoms with van der Waals surface area (Å²) in [5.74, 6) is -0.198. The molecule has 0 spiro atoms. The molecule has 1 saturated heterocycles. The Bertz CT molecular complexity index is 419. The summed E-state index contributed by atoms with van der Waals surface area (Å²) >= 11 is 5.69. The number of anilines is 1. The Morgan fingerprint density at radius 3 is 3.24 bits per heavy atom. The lowest BCUT2D eigenvalue weighted by Crippen LogP contribution is -2.15. The number of aromatic nitrogens is 1. The second-order valence-corrected chi connectivity index (χ2v) is 4.31. The third-order valence-corrected chi connectivity index (χ3v) is 2.80. The van der Waals surface area contributed by atoms with Gasteiger partial charge in [-0.3, -0.25) is 0 Å². The van der Waals surface area contributed by atoms with Gasteiger partial charge in [0.15, 0.2) is 0 Å². The molecule has 1 aromatic heterocycles. The lowest BCUT2D eigenvalue weighted by atomic mass is 10.1. The van der Waals surface area contributed by atoms with E-state index in [1.807, 2.05) is 0 Å². The van der Waals surface area contributed by atoms with Crippen LogP contribution in [-0.4, -0.2) is 30.8 Å². The number of nitrogen functional groups attached to an aromatic ring is 1. The van der Waals surface area contributed by atoms with E-state index in [0.29, 0.717) is 13.2 Å². The molecule has 2 N–H and O–H groups in total. The van der Waals surface area contributed by atoms with E-state index in [-0.39, 0.29) is 22.3 Å². The normalized spacial score (nSPS) is 19.2. The highest BCUT2D eigenvalue weighted by Crippen LogP contribution is 2.18. The first-order chi connectivity index (χ1) is 8.16. The van der Waals surface area contributed by atoms with Gasteiger partial charge in [0.1, 0.15) is 5.15 Å². The van der Waals surface area contributed by atoms with E-state index in [2.05, 4.69) is 4.98 Å². The maximum atomic E-state index is 11.7. The van der Waals surface area contributed by atoms with E-state index >= 15 is 0 Å². The largest absolute Gasteiger partial charge is 0.462 e. The summed E-state index contributed by atoms with van der Waals surface area (Å²) in [5, 5.41) is 0.218. The molecular formula is C11H13ClN2O3. The van der Waals surface area contributed by atoms with Gasteiger partial charge in [0, 0.05) is 12.5 Å². The van der Waals surface area contributed by atoms with Crippen molar-refractivity contribution in [3.05, 3.63) is 23.0 Å². The SMILES string of the molecule is Nc1cnc(Cl)cc1C(=O)OCC1CCOC1. The molecule has 2 heterocycles. The number of rotatable bonds is 3. The summed E-state index contributed by atoms with van der Waals surface area (Å²) in [5.41, 5.74) is 6.15. The third-order valence-electron chi connectivity index (χ3n) is 2.60. The van der Waals surface area contributed by atoms with Crippen molar-refractivity contribution in [2.75, 3.05) is 25.6 Å². The van der Waals surface area contributed by atoms with Crippen LogP contribution in [0.3, 0.4) is 0 Å². The highest BCUT2D eigenvalue weighted by atomic mass is 35.5. The summed E-state index contributed by atoms with van der Waals surface area (Å²) in [4.78, 5) is 15.5. The zero-order valence-corrected chi connectivity index (χ0v) is 9.94. The lowest BCUT2D eigenvalue weighted by molar-refractivity contribution is 0.0429. The fourth-order valence-corrected chi connectivity index (χ4v) is 1.76. The molecule has 0 aromatic carbocycles. The van der Waals surface area contributed by atoms with Crippen LogP contribution in [0.2, 0.25) is 5.15 Å². The van der Waals surface area contributed by atoms with Gasteiger partial charge in [-0.1, -0.05) is 11.6 Å². The molecule has 0 aliphatic carbocycles. The molecule has 5 nitrogen and oxygen atoms in total. The minimum atomic E-state index is -0.473. The van der Waals surface area contributed by atoms with Gasteiger partial charge in [-0.15, -0.1) is 0 Å². The number of hydrogen-bond acceptors (Lipinski definition) is 5. The van der Waals surface area contributed by atoms with Crippen molar-refractivity contribution in [2.24, 2.45) is 5.92 Å². The van der Waals surface area contributed by atoms with E-state index in [0.717, 1.165) is 13.0 Å². The maximum absolute atomic E-state index is 11.7. The Hall–Kier alpha value is -1.33. The van der Waals surface area contributed by atoms with Crippen molar-refractivity contribution in [3.8, 4) is 0 Å². The van der Waals surface area contributed by atoms with Crippen LogP contribution in [0.5, 0.6) is 0 Å². The van der Waals surface area contributed by atoms with E-state index < -0.39 is 5.97 Å². The first kappa shape index (κ1) is 12.1. The molecule has 1 aliphatic rings. The van der Waals surface area contributed by atoms with Crippen LogP contribution >= 0.6 is 11.6 Å². The Kier molecular flexibility index (Phi) is 3.81. The Labute approximate surface area is 104 Å². The molecule has 6 heteroatoms. The van der Waals surface area contributed by atoms with Gasteiger partial charge < -0.3 is 15.2 Å². The molecule has 0 saturated carbocycles. The van der Waals surface area contributed by atoms with Crippen LogP contribution in [0.15, 0.2) is 12.3 Å². The number of carbonyl (C=O) groups excluding carboxylic acids is 1. The molecule has 1 aromatic rings. The predicted molar refractivity (Wildman–Crippen MR) is 62.9 cm³/mol. The molecule has 2 rings (SSSR count). The van der Waals surface area contributed by atoms with Gasteiger partial charge >= 0.3 is 5.97 Å². The Morgan fingerprint density at radius 2 is 2.53 bits per heavy atom. The minimum Gasteiger partial charge on any atom is -0.462 e. The summed E-state index contributed by atoms with van der Waals surface area (Å²) in [6, 6.07) is 1.41. The molecule has 0 radical (unpaired) electrons. The number of nitrogens with two attached hydrogens (primary N) is 1. The topological polar surface area (TPSA) is 74.4 Å². The molecule has 92 valence electrons. The average molecular weight is 257 g/mol. The highest BCUT2D eigenvalue weighted by molar-refractivity contribution is 6.29. The number of carbonyl (C=O) groups is 1. The van der Waals surface area contributed by atoms with Crippen LogP contribution in [0.1, 0.15) is 16.8 Å². The van der Waals surface area contributed by atoms with Gasteiger partial charge in [-0.2, -0.15) is 0 Å². The van der Waals surface area contributed by atoms with Gasteiger partial charge in [0.05, 0.1) is 30.7 Å². The summed E-state index contributed by atoms with van der Waals surface area (Å²) < 4.78 is 10.4. The lowest BCUT2D eigenvalue weighted by Gasteiger charge is -2.10. The molecule has 1 unspecified atom stereocenters. The zero-order chi connectivity index (χ0) is 12.3. The Morgan fingerprint density at radius 1 is 1.71 bits per heavy atom. The summed E-state index contributed by atoms with van der Waals surface area (Å²) in [6.45, 7) is 1.71. The van der Waals surface area contributed by atoms with Crippen LogP contribution in [-0.2, 0) is 9.47 Å². The van der Waals surface area contributed by atoms with Crippen molar-refractivity contribution in [1.29, 1.82) is 0 Å². The summed E-state index contributed by atoms with van der Waals surface area (Å²) in [6.07, 6.45) is 2.26. The van der Waals surface area contributed by atoms with Crippen LogP contribution in [0.4, 0.5) is 5.69 Å². The van der Waals surface area contributed by atoms with Crippen LogP contribution in [0, 0.1) is 5.92 Å². The van der Waals surface area contributed by atoms with Crippen molar-refractivity contribution in [1.82, 2.24) is 4.98 Å². The van der Waals surface area contributed by atoms with Crippen molar-refractivity contribution >= 4 is 23.3 Å². The number of ether oxygens (including phenoxy) is 2. The van der Waals surface area contributed by atoms with Crippen molar-refractivity contribution in [3.63, 3.8) is 0 Å². The van der Waals surface area contributed by atoms with Crippen LogP contribution in [0.25, 0.3) is 0 Å². The van der Waals surface area contributed by atoms with Crippen LogP contribution < -0.4 is 5.73 Å². The highest BCUT2D eigenvalue weighted by Gasteiger charge is 2.19. The Balaban J connectivity index is 1.96. The monoisotopic (exact) mass is 256 g/mol. The van der Waals surface area contributed by atoms with E-state index in [9.17, 15) is 4.79 Å². The van der Waals surface area contributed by atoms with Crippen molar-refractivity contribution in [2.45, 2.75) is 6.42 Å². The molecule has 1 atom stereocenters. The number of hydrogen-bond donors (Lipinski definition) is 1. The quantitative estimate of drug-likeness (QED) is 0.655. The zero-order valence-electron chi connectivity index (χ0n) is 9.19. The standard InChI is InChI=1S/C11H13ClN2O3/c12-10-3-8(9(13)4-14-10)11(15)17-6-7-1-2-16-5-7/h3-4,7H,1-2,5-6,13H2. The number of esters is 1. The number of nitrogens with zero attached hydrogens (tertiary/aromatic N) is 1. The fourth-order valence-electron chi connectivity index (χ4n) is 1.60. The minimum absolute atomic E-state index is 0.218. The van der Waals surface area contributed by atoms with E-state index in [1.54, 1.807) is 0 Å². The van der Waals surface area contributed by atoms with Gasteiger partial charge in [-0.25, -0.2) is 9.78 Å². The number of pyridine rings is 1. The van der Waals surface area contributed by atoms with E-state index in [4.69, 9.17) is 26.8 Å². The number of halogens is 1. The molecular weight excluding hydrogens is 244 g/mol. The predicted octanol–water partition coefficient (Wildman–Crippen LogP) is 1.51. The fraction of sp³-hybridized carbons (Fsp3) is 0.455. The van der Waals surface area contributed by atoms with Crippen molar-refractivity contribution < 1.29 is 14.3 Å². The molecule has 0 amide bonds. The average Bonchev–Trinajstić information content (AvgIpc) is 2.82. The maximum Gasteiger partial charge on any atom is 0.340 e. The molecule has 17 heavy (non-hydrogen) atoms. The first-order valence-electron chi connectivity index (χ1n) is 5.32. The molecule has 1 aliphatic heterocycles. The smallest absolute Gasteiger partial charge is 0.340 e. The van der Waals surface area contributed by atoms with Gasteiger partial charge in [-0.05, 0) is 12.5 Å². The first-order valence-corrected chi connectivity index (χ1v) is 5.70. The van der Waals surface area contributed by atoms with Gasteiger partial charge in [0.2, 0.25) is 0 Å². The summed E-state index contributed by atoms with van der Waals surface area (Å²) in [7, 11) is 0. The third kappa shape index (κ3) is 3.08. The second-order valence-electron chi connectivity index (χ2n) is 3.92.